The monoisotopic (exact) mass is 266 g/mol. The highest BCUT2D eigenvalue weighted by Gasteiger charge is 2.26. The zero-order valence-electron chi connectivity index (χ0n) is 10.8. The summed E-state index contributed by atoms with van der Waals surface area (Å²) in [5, 5.41) is 11.2. The predicted molar refractivity (Wildman–Crippen MR) is 73.2 cm³/mol. The molecule has 1 aliphatic rings. The lowest BCUT2D eigenvalue weighted by Gasteiger charge is -2.32. The van der Waals surface area contributed by atoms with Crippen LogP contribution in [-0.2, 0) is 4.74 Å². The number of ether oxygens (including phenoxy) is 1. The minimum Gasteiger partial charge on any atom is -0.381 e. The van der Waals surface area contributed by atoms with Crippen LogP contribution in [0.2, 0.25) is 0 Å². The summed E-state index contributed by atoms with van der Waals surface area (Å²) in [7, 11) is 1.87. The predicted octanol–water partition coefficient (Wildman–Crippen LogP) is 1.50. The van der Waals surface area contributed by atoms with Crippen molar-refractivity contribution in [3.63, 3.8) is 0 Å². The minimum atomic E-state index is -0.402. The molecule has 1 aliphatic heterocycles. The number of rotatable bonds is 4. The first kappa shape index (κ1) is 13.6. The van der Waals surface area contributed by atoms with Crippen molar-refractivity contribution in [2.45, 2.75) is 18.9 Å². The molecule has 104 valence electrons. The molecule has 1 aromatic rings. The van der Waals surface area contributed by atoms with E-state index in [-0.39, 0.29) is 11.7 Å². The Kier molecular flexibility index (Phi) is 4.18. The van der Waals surface area contributed by atoms with Crippen LogP contribution in [0.15, 0.2) is 18.2 Å². The van der Waals surface area contributed by atoms with Gasteiger partial charge in [0, 0.05) is 26.3 Å². The first-order chi connectivity index (χ1) is 9.15. The highest BCUT2D eigenvalue weighted by molar-refractivity contribution is 5.76. The molecule has 7 heteroatoms. The summed E-state index contributed by atoms with van der Waals surface area (Å²) in [4.78, 5) is 12.8. The number of anilines is 2. The highest BCUT2D eigenvalue weighted by Crippen LogP contribution is 2.36. The summed E-state index contributed by atoms with van der Waals surface area (Å²) in [6.07, 6.45) is 1.74. The summed E-state index contributed by atoms with van der Waals surface area (Å²) < 4.78 is 5.32. The topological polar surface area (TPSA) is 93.7 Å². The van der Waals surface area contributed by atoms with E-state index in [9.17, 15) is 10.1 Å². The zero-order valence-corrected chi connectivity index (χ0v) is 10.8. The molecule has 0 spiro atoms. The van der Waals surface area contributed by atoms with Gasteiger partial charge in [0.2, 0.25) is 0 Å². The maximum atomic E-state index is 11.2. The van der Waals surface area contributed by atoms with E-state index >= 15 is 0 Å². The molecule has 7 nitrogen and oxygen atoms in total. The van der Waals surface area contributed by atoms with Gasteiger partial charge < -0.3 is 15.1 Å². The van der Waals surface area contributed by atoms with Gasteiger partial charge >= 0.3 is 5.69 Å². The van der Waals surface area contributed by atoms with Crippen LogP contribution < -0.4 is 16.2 Å². The summed E-state index contributed by atoms with van der Waals surface area (Å²) in [6, 6.07) is 5.35. The fraction of sp³-hybridized carbons (Fsp3) is 0.500. The Morgan fingerprint density at radius 3 is 2.74 bits per heavy atom. The molecule has 2 rings (SSSR count). The van der Waals surface area contributed by atoms with Crippen molar-refractivity contribution < 1.29 is 9.66 Å². The molecule has 0 bridgehead atoms. The Labute approximate surface area is 111 Å². The normalized spacial score (nSPS) is 16.1. The molecule has 3 N–H and O–H groups in total. The van der Waals surface area contributed by atoms with Gasteiger partial charge in [0.25, 0.3) is 0 Å². The van der Waals surface area contributed by atoms with Crippen molar-refractivity contribution in [1.82, 2.24) is 0 Å². The number of nitrogens with zero attached hydrogens (tertiary/aromatic N) is 2. The quantitative estimate of drug-likeness (QED) is 0.487. The Morgan fingerprint density at radius 2 is 2.16 bits per heavy atom. The molecule has 0 amide bonds. The van der Waals surface area contributed by atoms with E-state index in [1.54, 1.807) is 18.2 Å². The van der Waals surface area contributed by atoms with Crippen LogP contribution >= 0.6 is 0 Å². The van der Waals surface area contributed by atoms with E-state index in [1.165, 1.54) is 0 Å². The van der Waals surface area contributed by atoms with Gasteiger partial charge in [-0.1, -0.05) is 6.07 Å². The Morgan fingerprint density at radius 1 is 1.47 bits per heavy atom. The van der Waals surface area contributed by atoms with Crippen LogP contribution in [0, 0.1) is 10.1 Å². The van der Waals surface area contributed by atoms with Gasteiger partial charge in [-0.2, -0.15) is 0 Å². The molecular weight excluding hydrogens is 248 g/mol. The maximum Gasteiger partial charge on any atom is 0.316 e. The van der Waals surface area contributed by atoms with Gasteiger partial charge in [-0.05, 0) is 25.0 Å². The fourth-order valence-corrected chi connectivity index (χ4v) is 2.39. The molecule has 0 saturated carbocycles. The number of nitrogens with one attached hydrogen (secondary N) is 1. The van der Waals surface area contributed by atoms with Crippen LogP contribution in [0.4, 0.5) is 17.1 Å². The molecule has 0 radical (unpaired) electrons. The lowest BCUT2D eigenvalue weighted by Crippen LogP contribution is -2.37. The van der Waals surface area contributed by atoms with E-state index in [0.29, 0.717) is 24.6 Å². The standard InChI is InChI=1S/C12H18N4O3/c1-15(9-5-7-19-8-6-9)11-4-2-3-10(14-13)12(11)16(17)18/h2-4,9,14H,5-8,13H2,1H3. The van der Waals surface area contributed by atoms with Crippen molar-refractivity contribution in [1.29, 1.82) is 0 Å². The van der Waals surface area contributed by atoms with Gasteiger partial charge in [0.1, 0.15) is 11.4 Å². The van der Waals surface area contributed by atoms with Gasteiger partial charge in [-0.3, -0.25) is 16.0 Å². The second kappa shape index (κ2) is 5.85. The molecule has 1 saturated heterocycles. The zero-order chi connectivity index (χ0) is 13.8. The lowest BCUT2D eigenvalue weighted by atomic mass is 10.1. The van der Waals surface area contributed by atoms with Crippen molar-refractivity contribution in [3.8, 4) is 0 Å². The number of nitrogens with two attached hydrogens (primary N) is 1. The number of hydrazine groups is 1. The van der Waals surface area contributed by atoms with Crippen molar-refractivity contribution in [3.05, 3.63) is 28.3 Å². The maximum absolute atomic E-state index is 11.2. The number of para-hydroxylation sites is 1. The highest BCUT2D eigenvalue weighted by atomic mass is 16.6. The summed E-state index contributed by atoms with van der Waals surface area (Å²) in [5.74, 6) is 5.34. The number of nitro groups is 1. The van der Waals surface area contributed by atoms with Crippen LogP contribution in [0.25, 0.3) is 0 Å². The lowest BCUT2D eigenvalue weighted by molar-refractivity contribution is -0.383. The van der Waals surface area contributed by atoms with Crippen molar-refractivity contribution in [2.24, 2.45) is 5.84 Å². The number of hydrogen-bond donors (Lipinski definition) is 2. The van der Waals surface area contributed by atoms with E-state index in [0.717, 1.165) is 12.8 Å². The van der Waals surface area contributed by atoms with E-state index in [4.69, 9.17) is 10.6 Å². The minimum absolute atomic E-state index is 0.0130. The fourth-order valence-electron chi connectivity index (χ4n) is 2.39. The second-order valence-electron chi connectivity index (χ2n) is 4.53. The van der Waals surface area contributed by atoms with Crippen LogP contribution in [0.3, 0.4) is 0 Å². The Balaban J connectivity index is 2.34. The number of nitrogen functional groups attached to an aromatic ring is 1. The second-order valence-corrected chi connectivity index (χ2v) is 4.53. The van der Waals surface area contributed by atoms with Crippen molar-refractivity contribution in [2.75, 3.05) is 30.6 Å². The first-order valence-electron chi connectivity index (χ1n) is 6.19. The number of nitro benzene ring substituents is 1. The van der Waals surface area contributed by atoms with Crippen LogP contribution in [-0.4, -0.2) is 31.2 Å². The van der Waals surface area contributed by atoms with Gasteiger partial charge in [0.15, 0.2) is 0 Å². The van der Waals surface area contributed by atoms with Gasteiger partial charge in [-0.25, -0.2) is 0 Å². The SMILES string of the molecule is CN(c1cccc(NN)c1[N+](=O)[O-])C1CCOCC1. The van der Waals surface area contributed by atoms with Crippen LogP contribution in [0.5, 0.6) is 0 Å². The summed E-state index contributed by atoms with van der Waals surface area (Å²) in [5.41, 5.74) is 3.29. The summed E-state index contributed by atoms with van der Waals surface area (Å²) in [6.45, 7) is 1.38. The molecule has 19 heavy (non-hydrogen) atoms. The smallest absolute Gasteiger partial charge is 0.316 e. The molecule has 1 fully saturated rings. The van der Waals surface area contributed by atoms with E-state index in [2.05, 4.69) is 5.43 Å². The molecule has 1 aromatic carbocycles. The molecule has 0 aliphatic carbocycles. The summed E-state index contributed by atoms with van der Waals surface area (Å²) >= 11 is 0. The van der Waals surface area contributed by atoms with Gasteiger partial charge in [-0.15, -0.1) is 0 Å². The molecule has 0 aromatic heterocycles. The molecule has 1 heterocycles. The van der Waals surface area contributed by atoms with Gasteiger partial charge in [0.05, 0.1) is 4.92 Å². The average molecular weight is 266 g/mol. The average Bonchev–Trinajstić information content (AvgIpc) is 2.46. The Hall–Kier alpha value is -1.86. The van der Waals surface area contributed by atoms with E-state index < -0.39 is 4.92 Å². The molecule has 0 unspecified atom stereocenters. The van der Waals surface area contributed by atoms with Crippen molar-refractivity contribution >= 4 is 17.1 Å². The van der Waals surface area contributed by atoms with Crippen LogP contribution in [0.1, 0.15) is 12.8 Å². The third kappa shape index (κ3) is 2.77. The molecule has 0 atom stereocenters. The number of hydrogen-bond acceptors (Lipinski definition) is 6. The largest absolute Gasteiger partial charge is 0.381 e. The van der Waals surface area contributed by atoms with E-state index in [1.807, 2.05) is 11.9 Å². The first-order valence-corrected chi connectivity index (χ1v) is 6.19. The molecular formula is C12H18N4O3. The number of benzene rings is 1. The Bertz CT molecular complexity index is 460. The third-order valence-corrected chi connectivity index (χ3v) is 3.47. The third-order valence-electron chi connectivity index (χ3n) is 3.47.